The van der Waals surface area contributed by atoms with E-state index in [2.05, 4.69) is 20.7 Å². The first-order chi connectivity index (χ1) is 9.56. The van der Waals surface area contributed by atoms with Gasteiger partial charge in [0.2, 0.25) is 10.0 Å². The molecule has 1 aromatic rings. The van der Waals surface area contributed by atoms with Crippen LogP contribution in [-0.2, 0) is 10.0 Å². The van der Waals surface area contributed by atoms with Gasteiger partial charge in [-0.15, -0.1) is 0 Å². The molecular weight excluding hydrogens is 369 g/mol. The van der Waals surface area contributed by atoms with Crippen molar-refractivity contribution in [2.24, 2.45) is 5.92 Å². The van der Waals surface area contributed by atoms with Gasteiger partial charge in [-0.1, -0.05) is 29.8 Å². The number of aromatic carboxylic acids is 1. The predicted molar refractivity (Wildman–Crippen MR) is 77.1 cm³/mol. The highest BCUT2D eigenvalue weighted by atomic mass is 79.9. The van der Waals surface area contributed by atoms with Gasteiger partial charge in [0, 0.05) is 11.0 Å². The summed E-state index contributed by atoms with van der Waals surface area (Å²) in [5, 5.41) is 18.4. The van der Waals surface area contributed by atoms with Crippen molar-refractivity contribution >= 4 is 31.9 Å². The number of sulfonamides is 1. The number of aliphatic hydroxyl groups is 1. The number of nitrogens with one attached hydrogen (secondary N) is 1. The van der Waals surface area contributed by atoms with Crippen molar-refractivity contribution in [3.63, 3.8) is 0 Å². The van der Waals surface area contributed by atoms with Gasteiger partial charge in [0.05, 0.1) is 11.7 Å². The topological polar surface area (TPSA) is 104 Å². The van der Waals surface area contributed by atoms with E-state index in [1.807, 2.05) is 0 Å². The van der Waals surface area contributed by atoms with Gasteiger partial charge < -0.3 is 10.2 Å². The third kappa shape index (κ3) is 4.47. The summed E-state index contributed by atoms with van der Waals surface area (Å²) >= 11 is 2.94. The predicted octanol–water partition coefficient (Wildman–Crippen LogP) is 1.58. The van der Waals surface area contributed by atoms with E-state index in [0.717, 1.165) is 12.1 Å². The first-order valence-corrected chi connectivity index (χ1v) is 8.24. The van der Waals surface area contributed by atoms with Crippen molar-refractivity contribution in [2.75, 3.05) is 6.54 Å². The zero-order valence-corrected chi connectivity index (χ0v) is 13.7. The van der Waals surface area contributed by atoms with E-state index < -0.39 is 38.4 Å². The Balaban J connectivity index is 3.17. The fourth-order valence-electron chi connectivity index (χ4n) is 1.42. The Kier molecular flexibility index (Phi) is 5.85. The highest BCUT2D eigenvalue weighted by Gasteiger charge is 2.25. The maximum absolute atomic E-state index is 14.0. The molecule has 0 bridgehead atoms. The van der Waals surface area contributed by atoms with Crippen LogP contribution in [0.3, 0.4) is 0 Å². The molecule has 0 radical (unpaired) electrons. The smallest absolute Gasteiger partial charge is 0.338 e. The molecule has 1 unspecified atom stereocenters. The lowest BCUT2D eigenvalue weighted by Gasteiger charge is -2.16. The van der Waals surface area contributed by atoms with Crippen LogP contribution >= 0.6 is 15.9 Å². The Morgan fingerprint density at radius 2 is 2.00 bits per heavy atom. The third-order valence-electron chi connectivity index (χ3n) is 2.78. The maximum Gasteiger partial charge on any atom is 0.338 e. The number of aliphatic hydroxyl groups excluding tert-OH is 1. The summed E-state index contributed by atoms with van der Waals surface area (Å²) in [6.45, 7) is 3.09. The number of benzene rings is 1. The average molecular weight is 384 g/mol. The van der Waals surface area contributed by atoms with E-state index in [1.54, 1.807) is 13.8 Å². The van der Waals surface area contributed by atoms with Crippen LogP contribution in [-0.4, -0.2) is 37.2 Å². The van der Waals surface area contributed by atoms with Crippen LogP contribution in [0.15, 0.2) is 21.5 Å². The number of hydrogen-bond acceptors (Lipinski definition) is 4. The van der Waals surface area contributed by atoms with Crippen LogP contribution in [0, 0.1) is 11.7 Å². The summed E-state index contributed by atoms with van der Waals surface area (Å²) in [6, 6.07) is 1.94. The van der Waals surface area contributed by atoms with Crippen LogP contribution in [0.5, 0.6) is 0 Å². The SMILES string of the molecule is CC(C)C(O)CNS(=O)(=O)c1cc(Br)cc(C(=O)O)c1F. The Morgan fingerprint density at radius 3 is 2.48 bits per heavy atom. The minimum Gasteiger partial charge on any atom is -0.478 e. The maximum atomic E-state index is 14.0. The van der Waals surface area contributed by atoms with Crippen molar-refractivity contribution in [3.8, 4) is 0 Å². The Bertz CT molecular complexity index is 647. The van der Waals surface area contributed by atoms with Crippen LogP contribution in [0.2, 0.25) is 0 Å². The molecule has 0 aliphatic heterocycles. The van der Waals surface area contributed by atoms with Gasteiger partial charge in [-0.2, -0.15) is 0 Å². The first kappa shape index (κ1) is 18.0. The molecule has 0 saturated carbocycles. The van der Waals surface area contributed by atoms with E-state index in [0.29, 0.717) is 0 Å². The van der Waals surface area contributed by atoms with Gasteiger partial charge in [-0.3, -0.25) is 0 Å². The highest BCUT2D eigenvalue weighted by molar-refractivity contribution is 9.10. The number of carboxylic acid groups (broad SMARTS) is 1. The molecule has 0 aliphatic rings. The summed E-state index contributed by atoms with van der Waals surface area (Å²) in [4.78, 5) is 10.1. The van der Waals surface area contributed by atoms with Gasteiger partial charge in [0.25, 0.3) is 0 Å². The van der Waals surface area contributed by atoms with Crippen LogP contribution in [0.4, 0.5) is 4.39 Å². The molecule has 6 nitrogen and oxygen atoms in total. The zero-order chi connectivity index (χ0) is 16.4. The first-order valence-electron chi connectivity index (χ1n) is 5.96. The summed E-state index contributed by atoms with van der Waals surface area (Å²) in [6.07, 6.45) is -0.936. The molecule has 118 valence electrons. The average Bonchev–Trinajstić information content (AvgIpc) is 2.37. The summed E-state index contributed by atoms with van der Waals surface area (Å²) in [7, 11) is -4.28. The molecule has 0 spiro atoms. The zero-order valence-electron chi connectivity index (χ0n) is 11.3. The Morgan fingerprint density at radius 1 is 1.43 bits per heavy atom. The van der Waals surface area contributed by atoms with Crippen molar-refractivity contribution in [1.29, 1.82) is 0 Å². The van der Waals surface area contributed by atoms with E-state index in [4.69, 9.17) is 5.11 Å². The minimum atomic E-state index is -4.28. The molecule has 0 fully saturated rings. The van der Waals surface area contributed by atoms with E-state index in [1.165, 1.54) is 0 Å². The standard InChI is InChI=1S/C12H15BrFNO5S/c1-6(2)9(16)5-15-21(19,20)10-4-7(13)3-8(11(10)14)12(17)18/h3-4,6,9,15-16H,5H2,1-2H3,(H,17,18). The van der Waals surface area contributed by atoms with E-state index in [9.17, 15) is 22.7 Å². The molecule has 9 heteroatoms. The van der Waals surface area contributed by atoms with Crippen LogP contribution in [0.25, 0.3) is 0 Å². The van der Waals surface area contributed by atoms with Crippen molar-refractivity contribution in [1.82, 2.24) is 4.72 Å². The molecule has 0 amide bonds. The second-order valence-corrected chi connectivity index (χ2v) is 7.38. The van der Waals surface area contributed by atoms with Crippen LogP contribution < -0.4 is 4.72 Å². The van der Waals surface area contributed by atoms with Gasteiger partial charge in [0.15, 0.2) is 5.82 Å². The van der Waals surface area contributed by atoms with Gasteiger partial charge >= 0.3 is 5.97 Å². The molecule has 3 N–H and O–H groups in total. The number of hydrogen-bond donors (Lipinski definition) is 3. The second kappa shape index (κ2) is 6.82. The number of carbonyl (C=O) groups is 1. The normalized spacial score (nSPS) is 13.4. The highest BCUT2D eigenvalue weighted by Crippen LogP contribution is 2.24. The largest absolute Gasteiger partial charge is 0.478 e. The molecular formula is C12H15BrFNO5S. The van der Waals surface area contributed by atoms with Gasteiger partial charge in [0.1, 0.15) is 4.90 Å². The Hall–Kier alpha value is -1.03. The fraction of sp³-hybridized carbons (Fsp3) is 0.417. The number of rotatable bonds is 6. The van der Waals surface area contributed by atoms with Gasteiger partial charge in [-0.05, 0) is 18.1 Å². The summed E-state index contributed by atoms with van der Waals surface area (Å²) in [5.41, 5.74) is -0.755. The van der Waals surface area contributed by atoms with E-state index in [-0.39, 0.29) is 16.9 Å². The Labute approximate surface area is 130 Å². The molecule has 0 aliphatic carbocycles. The molecule has 0 aromatic heterocycles. The summed E-state index contributed by atoms with van der Waals surface area (Å²) < 4.78 is 40.2. The minimum absolute atomic E-state index is 0.117. The molecule has 1 rings (SSSR count). The second-order valence-electron chi connectivity index (χ2n) is 4.73. The fourth-order valence-corrected chi connectivity index (χ4v) is 3.21. The molecule has 0 heterocycles. The lowest BCUT2D eigenvalue weighted by Crippen LogP contribution is -2.35. The monoisotopic (exact) mass is 383 g/mol. The summed E-state index contributed by atoms with van der Waals surface area (Å²) in [5.74, 6) is -3.11. The number of halogens is 2. The molecule has 1 atom stereocenters. The molecule has 21 heavy (non-hydrogen) atoms. The lowest BCUT2D eigenvalue weighted by atomic mass is 10.1. The third-order valence-corrected chi connectivity index (χ3v) is 4.66. The lowest BCUT2D eigenvalue weighted by molar-refractivity contribution is 0.0691. The quantitative estimate of drug-likeness (QED) is 0.691. The van der Waals surface area contributed by atoms with E-state index >= 15 is 0 Å². The van der Waals surface area contributed by atoms with Crippen molar-refractivity contribution < 1.29 is 27.8 Å². The van der Waals surface area contributed by atoms with Crippen LogP contribution in [0.1, 0.15) is 24.2 Å². The van der Waals surface area contributed by atoms with Crippen molar-refractivity contribution in [2.45, 2.75) is 24.8 Å². The van der Waals surface area contributed by atoms with Crippen molar-refractivity contribution in [3.05, 3.63) is 28.0 Å². The number of carboxylic acids is 1. The molecule has 1 aromatic carbocycles. The molecule has 0 saturated heterocycles. The van der Waals surface area contributed by atoms with Gasteiger partial charge in [-0.25, -0.2) is 22.3 Å².